The smallest absolute Gasteiger partial charge is 0.306 e. The van der Waals surface area contributed by atoms with Crippen LogP contribution in [0.25, 0.3) is 0 Å². The molecular formula is C21H40O4. The van der Waals surface area contributed by atoms with Crippen molar-refractivity contribution in [2.24, 2.45) is 5.92 Å². The van der Waals surface area contributed by atoms with Crippen molar-refractivity contribution in [1.29, 1.82) is 0 Å². The van der Waals surface area contributed by atoms with Gasteiger partial charge in [-0.05, 0) is 38.5 Å². The van der Waals surface area contributed by atoms with Gasteiger partial charge in [-0.2, -0.15) is 0 Å². The minimum absolute atomic E-state index is 0.0505. The van der Waals surface area contributed by atoms with E-state index in [-0.39, 0.29) is 18.0 Å². The molecule has 148 valence electrons. The first-order valence-electron chi connectivity index (χ1n) is 10.3. The van der Waals surface area contributed by atoms with Crippen molar-refractivity contribution >= 4 is 11.9 Å². The average molecular weight is 357 g/mol. The molecule has 25 heavy (non-hydrogen) atoms. The summed E-state index contributed by atoms with van der Waals surface area (Å²) in [5.74, 6) is 0.261. The van der Waals surface area contributed by atoms with Crippen molar-refractivity contribution in [3.05, 3.63) is 0 Å². The van der Waals surface area contributed by atoms with Crippen molar-refractivity contribution in [2.45, 2.75) is 111 Å². The standard InChI is InChI=1S/C21H40O4/c1-5-6-11-14-19(4)25-21(23)16-13-10-8-7-9-12-15-20(22)24-17-18(2)3/h18-19H,5-17H2,1-4H3. The second-order valence-electron chi connectivity index (χ2n) is 7.49. The van der Waals surface area contributed by atoms with E-state index in [0.717, 1.165) is 51.4 Å². The molecule has 0 radical (unpaired) electrons. The third-order valence-electron chi connectivity index (χ3n) is 4.14. The Bertz CT molecular complexity index is 339. The molecule has 0 saturated heterocycles. The quantitative estimate of drug-likeness (QED) is 0.258. The summed E-state index contributed by atoms with van der Waals surface area (Å²) in [4.78, 5) is 23.2. The highest BCUT2D eigenvalue weighted by Gasteiger charge is 2.09. The largest absolute Gasteiger partial charge is 0.465 e. The van der Waals surface area contributed by atoms with Gasteiger partial charge in [0.05, 0.1) is 12.7 Å². The molecule has 4 heteroatoms. The van der Waals surface area contributed by atoms with E-state index in [9.17, 15) is 9.59 Å². The van der Waals surface area contributed by atoms with Crippen LogP contribution in [0.4, 0.5) is 0 Å². The van der Waals surface area contributed by atoms with E-state index in [1.807, 2.05) is 20.8 Å². The van der Waals surface area contributed by atoms with Crippen LogP contribution in [-0.4, -0.2) is 24.6 Å². The molecule has 0 aromatic rings. The first-order valence-corrected chi connectivity index (χ1v) is 10.3. The molecular weight excluding hydrogens is 316 g/mol. The summed E-state index contributed by atoms with van der Waals surface area (Å²) in [6.45, 7) is 8.76. The second-order valence-corrected chi connectivity index (χ2v) is 7.49. The van der Waals surface area contributed by atoms with Crippen LogP contribution in [0, 0.1) is 5.92 Å². The lowest BCUT2D eigenvalue weighted by atomic mass is 10.1. The molecule has 0 aliphatic rings. The summed E-state index contributed by atoms with van der Waals surface area (Å²) < 4.78 is 10.6. The molecule has 0 heterocycles. The molecule has 0 amide bonds. The number of carbonyl (C=O) groups excluding carboxylic acids is 2. The molecule has 0 aromatic carbocycles. The molecule has 0 aliphatic carbocycles. The highest BCUT2D eigenvalue weighted by Crippen LogP contribution is 2.11. The maximum Gasteiger partial charge on any atom is 0.306 e. The average Bonchev–Trinajstić information content (AvgIpc) is 2.55. The Balaban J connectivity index is 3.40. The van der Waals surface area contributed by atoms with Gasteiger partial charge in [-0.3, -0.25) is 9.59 Å². The number of carbonyl (C=O) groups is 2. The van der Waals surface area contributed by atoms with Crippen LogP contribution in [0.15, 0.2) is 0 Å². The molecule has 0 rings (SSSR count). The van der Waals surface area contributed by atoms with E-state index in [0.29, 0.717) is 25.4 Å². The molecule has 0 spiro atoms. The van der Waals surface area contributed by atoms with Crippen LogP contribution in [-0.2, 0) is 19.1 Å². The molecule has 1 unspecified atom stereocenters. The lowest BCUT2D eigenvalue weighted by Crippen LogP contribution is -2.14. The van der Waals surface area contributed by atoms with Crippen molar-refractivity contribution in [2.75, 3.05) is 6.61 Å². The third-order valence-corrected chi connectivity index (χ3v) is 4.14. The molecule has 0 saturated carbocycles. The summed E-state index contributed by atoms with van der Waals surface area (Å²) in [7, 11) is 0. The van der Waals surface area contributed by atoms with Gasteiger partial charge in [0.15, 0.2) is 0 Å². The van der Waals surface area contributed by atoms with E-state index in [1.54, 1.807) is 0 Å². The SMILES string of the molecule is CCCCCC(C)OC(=O)CCCCCCCCC(=O)OCC(C)C. The highest BCUT2D eigenvalue weighted by molar-refractivity contribution is 5.69. The number of esters is 2. The second kappa shape index (κ2) is 16.4. The number of unbranched alkanes of at least 4 members (excludes halogenated alkanes) is 7. The van der Waals surface area contributed by atoms with Crippen LogP contribution >= 0.6 is 0 Å². The maximum absolute atomic E-state index is 11.7. The predicted molar refractivity (Wildman–Crippen MR) is 102 cm³/mol. The highest BCUT2D eigenvalue weighted by atomic mass is 16.5. The Hall–Kier alpha value is -1.06. The molecule has 4 nitrogen and oxygen atoms in total. The third kappa shape index (κ3) is 17.6. The number of rotatable bonds is 16. The molecule has 1 atom stereocenters. The van der Waals surface area contributed by atoms with Crippen LogP contribution in [0.3, 0.4) is 0 Å². The molecule has 0 bridgehead atoms. The number of ether oxygens (including phenoxy) is 2. The summed E-state index contributed by atoms with van der Waals surface area (Å²) in [6, 6.07) is 0. The Morgan fingerprint density at radius 1 is 0.760 bits per heavy atom. The Kier molecular flexibility index (Phi) is 15.7. The van der Waals surface area contributed by atoms with Gasteiger partial charge < -0.3 is 9.47 Å². The zero-order valence-corrected chi connectivity index (χ0v) is 17.0. The van der Waals surface area contributed by atoms with Gasteiger partial charge in [-0.25, -0.2) is 0 Å². The topological polar surface area (TPSA) is 52.6 Å². The molecule has 0 aliphatic heterocycles. The molecule has 0 fully saturated rings. The Morgan fingerprint density at radius 2 is 1.32 bits per heavy atom. The van der Waals surface area contributed by atoms with E-state index < -0.39 is 0 Å². The van der Waals surface area contributed by atoms with Crippen molar-refractivity contribution in [3.63, 3.8) is 0 Å². The zero-order chi connectivity index (χ0) is 18.9. The monoisotopic (exact) mass is 356 g/mol. The van der Waals surface area contributed by atoms with Crippen molar-refractivity contribution in [1.82, 2.24) is 0 Å². The fraction of sp³-hybridized carbons (Fsp3) is 0.905. The van der Waals surface area contributed by atoms with E-state index in [4.69, 9.17) is 9.47 Å². The van der Waals surface area contributed by atoms with Gasteiger partial charge >= 0.3 is 11.9 Å². The van der Waals surface area contributed by atoms with E-state index >= 15 is 0 Å². The lowest BCUT2D eigenvalue weighted by Gasteiger charge is -2.12. The van der Waals surface area contributed by atoms with Crippen LogP contribution in [0.2, 0.25) is 0 Å². The fourth-order valence-electron chi connectivity index (χ4n) is 2.60. The molecule has 0 aromatic heterocycles. The van der Waals surface area contributed by atoms with Crippen molar-refractivity contribution < 1.29 is 19.1 Å². The van der Waals surface area contributed by atoms with Gasteiger partial charge in [0.25, 0.3) is 0 Å². The lowest BCUT2D eigenvalue weighted by molar-refractivity contribution is -0.148. The minimum Gasteiger partial charge on any atom is -0.465 e. The number of hydrogen-bond acceptors (Lipinski definition) is 4. The summed E-state index contributed by atoms with van der Waals surface area (Å²) in [5.41, 5.74) is 0. The first-order chi connectivity index (χ1) is 12.0. The summed E-state index contributed by atoms with van der Waals surface area (Å²) >= 11 is 0. The van der Waals surface area contributed by atoms with Gasteiger partial charge in [-0.1, -0.05) is 59.3 Å². The zero-order valence-electron chi connectivity index (χ0n) is 17.0. The van der Waals surface area contributed by atoms with Gasteiger partial charge in [-0.15, -0.1) is 0 Å². The Morgan fingerprint density at radius 3 is 1.88 bits per heavy atom. The predicted octanol–water partition coefficient (Wildman–Crippen LogP) is 5.82. The maximum atomic E-state index is 11.7. The van der Waals surface area contributed by atoms with Crippen molar-refractivity contribution in [3.8, 4) is 0 Å². The summed E-state index contributed by atoms with van der Waals surface area (Å²) in [6.07, 6.45) is 11.7. The van der Waals surface area contributed by atoms with Crippen LogP contribution < -0.4 is 0 Å². The van der Waals surface area contributed by atoms with Gasteiger partial charge in [0.2, 0.25) is 0 Å². The van der Waals surface area contributed by atoms with E-state index in [1.165, 1.54) is 12.8 Å². The normalized spacial score (nSPS) is 12.2. The summed E-state index contributed by atoms with van der Waals surface area (Å²) in [5, 5.41) is 0. The first kappa shape index (κ1) is 23.9. The van der Waals surface area contributed by atoms with E-state index in [2.05, 4.69) is 6.92 Å². The van der Waals surface area contributed by atoms with Gasteiger partial charge in [0.1, 0.15) is 0 Å². The fourth-order valence-corrected chi connectivity index (χ4v) is 2.60. The van der Waals surface area contributed by atoms with Gasteiger partial charge in [0, 0.05) is 12.8 Å². The van der Waals surface area contributed by atoms with Crippen LogP contribution in [0.1, 0.15) is 105 Å². The minimum atomic E-state index is -0.0792. The molecule has 0 N–H and O–H groups in total. The van der Waals surface area contributed by atoms with Crippen LogP contribution in [0.5, 0.6) is 0 Å². The number of hydrogen-bond donors (Lipinski definition) is 0. The Labute approximate surface area is 155 Å².